The van der Waals surface area contributed by atoms with Crippen LogP contribution in [-0.4, -0.2) is 37.3 Å². The predicted molar refractivity (Wildman–Crippen MR) is 47.8 cm³/mol. The molecule has 0 aliphatic heterocycles. The molecular weight excluding hydrogens is 244 g/mol. The van der Waals surface area contributed by atoms with Gasteiger partial charge in [-0.05, 0) is 0 Å². The Morgan fingerprint density at radius 1 is 1.15 bits per heavy atom. The Labute approximate surface area is 106 Å². The van der Waals surface area contributed by atoms with Crippen LogP contribution in [0.4, 0.5) is 0 Å². The van der Waals surface area contributed by atoms with Crippen LogP contribution in [-0.2, 0) is 9.47 Å². The summed E-state index contributed by atoms with van der Waals surface area (Å²) < 4.78 is 10.1. The molecule has 0 unspecified atom stereocenters. The fourth-order valence-electron chi connectivity index (χ4n) is 0.925. The Balaban J connectivity index is 0. The normalized spacial score (nSPS) is 8.85. The summed E-state index contributed by atoms with van der Waals surface area (Å²) in [4.78, 5) is 0. The van der Waals surface area contributed by atoms with E-state index in [1.807, 2.05) is 24.3 Å². The van der Waals surface area contributed by atoms with Gasteiger partial charge in [0, 0.05) is 14.2 Å². The van der Waals surface area contributed by atoms with Crippen LogP contribution < -0.4 is 17.0 Å². The summed E-state index contributed by atoms with van der Waals surface area (Å²) in [6.45, 7) is 0. The van der Waals surface area contributed by atoms with Gasteiger partial charge in [-0.3, -0.25) is 0 Å². The molecule has 0 heterocycles. The average Bonchev–Trinajstić information content (AvgIpc) is 2.09. The Morgan fingerprint density at radius 3 is 2.00 bits per heavy atom. The molecular formula is C9H11BrMgO2. The van der Waals surface area contributed by atoms with Crippen molar-refractivity contribution < 1.29 is 26.5 Å². The maximum absolute atomic E-state index is 5.05. The van der Waals surface area contributed by atoms with E-state index >= 15 is 0 Å². The van der Waals surface area contributed by atoms with Gasteiger partial charge >= 0.3 is 23.1 Å². The summed E-state index contributed by atoms with van der Waals surface area (Å²) in [6.07, 6.45) is -0.260. The van der Waals surface area contributed by atoms with Crippen LogP contribution in [0.3, 0.4) is 0 Å². The van der Waals surface area contributed by atoms with Crippen LogP contribution in [0.25, 0.3) is 0 Å². The van der Waals surface area contributed by atoms with Crippen molar-refractivity contribution in [3.63, 3.8) is 0 Å². The third-order valence-electron chi connectivity index (χ3n) is 1.44. The van der Waals surface area contributed by atoms with E-state index in [1.165, 1.54) is 0 Å². The first-order chi connectivity index (χ1) is 5.38. The van der Waals surface area contributed by atoms with Crippen molar-refractivity contribution in [1.29, 1.82) is 0 Å². The van der Waals surface area contributed by atoms with Crippen molar-refractivity contribution in [2.24, 2.45) is 0 Å². The summed E-state index contributed by atoms with van der Waals surface area (Å²) in [6, 6.07) is 10.4. The minimum atomic E-state index is -0.260. The van der Waals surface area contributed by atoms with E-state index in [9.17, 15) is 0 Å². The summed E-state index contributed by atoms with van der Waals surface area (Å²) in [5.74, 6) is 0. The van der Waals surface area contributed by atoms with E-state index in [4.69, 9.17) is 9.47 Å². The zero-order valence-electron chi connectivity index (χ0n) is 7.79. The molecule has 0 radical (unpaired) electrons. The molecule has 0 saturated heterocycles. The van der Waals surface area contributed by atoms with Crippen LogP contribution in [0.1, 0.15) is 11.9 Å². The molecule has 1 aromatic carbocycles. The Kier molecular flexibility index (Phi) is 10.9. The van der Waals surface area contributed by atoms with Gasteiger partial charge in [-0.25, -0.2) is 0 Å². The van der Waals surface area contributed by atoms with Gasteiger partial charge in [-0.1, -0.05) is 0 Å². The van der Waals surface area contributed by atoms with E-state index in [-0.39, 0.29) is 46.3 Å². The maximum atomic E-state index is 5.05. The number of benzene rings is 1. The van der Waals surface area contributed by atoms with Gasteiger partial charge in [0.15, 0.2) is 6.29 Å². The molecule has 0 bridgehead atoms. The Hall–Kier alpha value is 0.386. The van der Waals surface area contributed by atoms with Gasteiger partial charge < -0.3 is 26.5 Å². The molecule has 0 atom stereocenters. The first-order valence-electron chi connectivity index (χ1n) is 3.40. The quantitative estimate of drug-likeness (QED) is 0.368. The standard InChI is InChI=1S/C9H11O2.BrH.Mg/c1-10-9(11-2)8-6-4-3-5-7-8;;/h4-7,9H,1-2H3;1H;/q-1;;+2/p-1. The molecule has 0 spiro atoms. The van der Waals surface area contributed by atoms with Crippen LogP contribution in [0.5, 0.6) is 0 Å². The molecule has 0 aliphatic rings. The Bertz CT molecular complexity index is 202. The summed E-state index contributed by atoms with van der Waals surface area (Å²) in [5, 5.41) is 0. The second-order valence-corrected chi connectivity index (χ2v) is 2.14. The van der Waals surface area contributed by atoms with Gasteiger partial charge in [0.1, 0.15) is 0 Å². The molecule has 0 saturated carbocycles. The van der Waals surface area contributed by atoms with Gasteiger partial charge in [0.05, 0.1) is 0 Å². The fourth-order valence-corrected chi connectivity index (χ4v) is 0.925. The molecule has 13 heavy (non-hydrogen) atoms. The first kappa shape index (κ1) is 15.8. The van der Waals surface area contributed by atoms with E-state index in [0.717, 1.165) is 5.56 Å². The summed E-state index contributed by atoms with van der Waals surface area (Å²) in [7, 11) is 3.23. The molecule has 0 aromatic heterocycles. The van der Waals surface area contributed by atoms with E-state index in [1.54, 1.807) is 14.2 Å². The summed E-state index contributed by atoms with van der Waals surface area (Å²) >= 11 is 0. The molecule has 4 heteroatoms. The number of ether oxygens (including phenoxy) is 2. The topological polar surface area (TPSA) is 18.5 Å². The molecule has 1 rings (SSSR count). The molecule has 1 aromatic rings. The molecule has 2 nitrogen and oxygen atoms in total. The van der Waals surface area contributed by atoms with E-state index in [2.05, 4.69) is 6.07 Å². The smallest absolute Gasteiger partial charge is 1.00 e. The van der Waals surface area contributed by atoms with Crippen LogP contribution in [0, 0.1) is 6.07 Å². The third-order valence-corrected chi connectivity index (χ3v) is 1.44. The first-order valence-corrected chi connectivity index (χ1v) is 3.40. The van der Waals surface area contributed by atoms with Crippen molar-refractivity contribution in [3.05, 3.63) is 35.9 Å². The summed E-state index contributed by atoms with van der Waals surface area (Å²) in [5.41, 5.74) is 1.01. The number of rotatable bonds is 3. The average molecular weight is 255 g/mol. The van der Waals surface area contributed by atoms with E-state index < -0.39 is 0 Å². The van der Waals surface area contributed by atoms with Crippen LogP contribution in [0.15, 0.2) is 24.3 Å². The number of hydrogen-bond donors (Lipinski definition) is 0. The minimum absolute atomic E-state index is 0. The second kappa shape index (κ2) is 8.96. The zero-order chi connectivity index (χ0) is 8.10. The Morgan fingerprint density at radius 2 is 1.62 bits per heavy atom. The van der Waals surface area contributed by atoms with Gasteiger partial charge in [0.2, 0.25) is 0 Å². The zero-order valence-corrected chi connectivity index (χ0v) is 10.8. The number of halogens is 1. The van der Waals surface area contributed by atoms with Gasteiger partial charge in [0.25, 0.3) is 0 Å². The maximum Gasteiger partial charge on any atom is 2.00 e. The molecule has 68 valence electrons. The van der Waals surface area contributed by atoms with Crippen molar-refractivity contribution in [3.8, 4) is 0 Å². The van der Waals surface area contributed by atoms with E-state index in [0.29, 0.717) is 0 Å². The van der Waals surface area contributed by atoms with Crippen LogP contribution in [0.2, 0.25) is 0 Å². The third kappa shape index (κ3) is 4.98. The van der Waals surface area contributed by atoms with Gasteiger partial charge in [-0.15, -0.1) is 5.56 Å². The van der Waals surface area contributed by atoms with Crippen LogP contribution >= 0.6 is 0 Å². The van der Waals surface area contributed by atoms with Crippen molar-refractivity contribution in [2.75, 3.05) is 14.2 Å². The SMILES string of the molecule is COC(OC)c1cc[c-]cc1.[Br-].[Mg+2]. The van der Waals surface area contributed by atoms with Crippen molar-refractivity contribution >= 4 is 23.1 Å². The van der Waals surface area contributed by atoms with Gasteiger partial charge in [-0.2, -0.15) is 30.3 Å². The molecule has 0 amide bonds. The van der Waals surface area contributed by atoms with Crippen molar-refractivity contribution in [2.45, 2.75) is 6.29 Å². The molecule has 0 fully saturated rings. The molecule has 0 N–H and O–H groups in total. The number of methoxy groups -OCH3 is 2. The second-order valence-electron chi connectivity index (χ2n) is 2.14. The number of hydrogen-bond acceptors (Lipinski definition) is 2. The monoisotopic (exact) mass is 254 g/mol. The minimum Gasteiger partial charge on any atom is -1.00 e. The van der Waals surface area contributed by atoms with Crippen molar-refractivity contribution in [1.82, 2.24) is 0 Å². The predicted octanol–water partition coefficient (Wildman–Crippen LogP) is -1.60. The largest absolute Gasteiger partial charge is 2.00 e. The fraction of sp³-hybridized carbons (Fsp3) is 0.333. The molecule has 0 aliphatic carbocycles.